The number of aromatic nitrogens is 1. The van der Waals surface area contributed by atoms with Crippen LogP contribution in [0.3, 0.4) is 0 Å². The van der Waals surface area contributed by atoms with Crippen molar-refractivity contribution in [3.63, 3.8) is 0 Å². The van der Waals surface area contributed by atoms with Crippen LogP contribution in [0.15, 0.2) is 32.8 Å². The van der Waals surface area contributed by atoms with Crippen LogP contribution in [0.5, 0.6) is 0 Å². The number of amides is 2. The third kappa shape index (κ3) is 5.13. The van der Waals surface area contributed by atoms with Gasteiger partial charge in [-0.1, -0.05) is 5.16 Å². The zero-order valence-electron chi connectivity index (χ0n) is 17.9. The van der Waals surface area contributed by atoms with E-state index in [1.54, 1.807) is 6.08 Å². The first-order chi connectivity index (χ1) is 15.8. The smallest absolute Gasteiger partial charge is 0.543 e. The number of carboxylic acid groups (broad SMARTS) is 1. The van der Waals surface area contributed by atoms with Crippen molar-refractivity contribution < 1.29 is 63.4 Å². The Hall–Kier alpha value is -2.04. The molecule has 4 heterocycles. The van der Waals surface area contributed by atoms with E-state index in [-0.39, 0.29) is 69.9 Å². The Bertz CT molecular complexity index is 1130. The molecule has 12 nitrogen and oxygen atoms in total. The van der Waals surface area contributed by atoms with E-state index in [2.05, 4.69) is 15.5 Å². The van der Waals surface area contributed by atoms with Crippen LogP contribution in [0.25, 0.3) is 0 Å². The number of thioether (sulfide) groups is 2. The molecular weight excluding hydrogens is 517 g/mol. The molecule has 0 saturated carbocycles. The summed E-state index contributed by atoms with van der Waals surface area (Å²) in [5.74, 6) is -2.80. The SMILES string of the molecule is CO/N=C(\C(=O)N[C@@H]1C(=O)N2C(C(=O)[O-])=C(SCC3=CCOC3=O)CS[C@@H]12)c1csc(N)n1.[Na+]. The average molecular weight is 534 g/mol. The Labute approximate surface area is 227 Å². The third-order valence-electron chi connectivity index (χ3n) is 4.78. The molecule has 4 rings (SSSR count). The van der Waals surface area contributed by atoms with Crippen molar-refractivity contribution in [1.29, 1.82) is 0 Å². The number of esters is 1. The number of carbonyl (C=O) groups is 4. The van der Waals surface area contributed by atoms with Crippen molar-refractivity contribution in [3.8, 4) is 0 Å². The second-order valence-electron chi connectivity index (χ2n) is 6.73. The quantitative estimate of drug-likeness (QED) is 0.109. The first-order valence-electron chi connectivity index (χ1n) is 9.33. The number of fused-ring (bicyclic) bond motifs is 1. The molecule has 0 unspecified atom stereocenters. The fourth-order valence-electron chi connectivity index (χ4n) is 3.27. The van der Waals surface area contributed by atoms with Gasteiger partial charge in [0.15, 0.2) is 10.8 Å². The second-order valence-corrected chi connectivity index (χ2v) is 9.79. The van der Waals surface area contributed by atoms with Crippen LogP contribution in [-0.2, 0) is 28.8 Å². The van der Waals surface area contributed by atoms with E-state index >= 15 is 0 Å². The van der Waals surface area contributed by atoms with Gasteiger partial charge in [0, 0.05) is 27.4 Å². The Morgan fingerprint density at radius 1 is 1.47 bits per heavy atom. The predicted octanol–water partition coefficient (Wildman–Crippen LogP) is -4.34. The predicted molar refractivity (Wildman–Crippen MR) is 119 cm³/mol. The number of hydrogen-bond donors (Lipinski definition) is 2. The van der Waals surface area contributed by atoms with Gasteiger partial charge in [-0.25, -0.2) is 9.78 Å². The van der Waals surface area contributed by atoms with Gasteiger partial charge >= 0.3 is 35.5 Å². The summed E-state index contributed by atoms with van der Waals surface area (Å²) in [6.07, 6.45) is 1.63. The van der Waals surface area contributed by atoms with E-state index in [4.69, 9.17) is 15.3 Å². The molecule has 1 saturated heterocycles. The van der Waals surface area contributed by atoms with Crippen LogP contribution in [0.1, 0.15) is 5.69 Å². The van der Waals surface area contributed by atoms with Gasteiger partial charge in [0.1, 0.15) is 30.8 Å². The summed E-state index contributed by atoms with van der Waals surface area (Å²) < 4.78 is 4.84. The topological polar surface area (TPSA) is 176 Å². The van der Waals surface area contributed by atoms with Crippen molar-refractivity contribution in [2.45, 2.75) is 11.4 Å². The monoisotopic (exact) mass is 533 g/mol. The van der Waals surface area contributed by atoms with Crippen LogP contribution < -0.4 is 45.7 Å². The second kappa shape index (κ2) is 11.1. The van der Waals surface area contributed by atoms with Gasteiger partial charge in [0.2, 0.25) is 0 Å². The molecule has 2 atom stereocenters. The van der Waals surface area contributed by atoms with Gasteiger partial charge in [0.25, 0.3) is 11.8 Å². The normalized spacial score (nSPS) is 21.7. The number of nitrogens with two attached hydrogens (primary N) is 1. The number of aliphatic carboxylic acids is 1. The summed E-state index contributed by atoms with van der Waals surface area (Å²) in [5, 5.41) is 19.2. The van der Waals surface area contributed by atoms with Gasteiger partial charge in [-0.2, -0.15) is 0 Å². The molecule has 1 aromatic rings. The summed E-state index contributed by atoms with van der Waals surface area (Å²) in [6.45, 7) is 0.186. The average Bonchev–Trinajstić information content (AvgIpc) is 3.40. The van der Waals surface area contributed by atoms with Crippen molar-refractivity contribution in [2.24, 2.45) is 5.16 Å². The Balaban J connectivity index is 0.00000324. The minimum Gasteiger partial charge on any atom is -0.543 e. The largest absolute Gasteiger partial charge is 1.00 e. The molecule has 0 aliphatic carbocycles. The number of thiazole rings is 1. The molecule has 1 aromatic heterocycles. The molecule has 0 radical (unpaired) electrons. The summed E-state index contributed by atoms with van der Waals surface area (Å²) in [7, 11) is 1.26. The van der Waals surface area contributed by atoms with Crippen molar-refractivity contribution >= 4 is 69.5 Å². The summed E-state index contributed by atoms with van der Waals surface area (Å²) >= 11 is 3.53. The minimum absolute atomic E-state index is 0. The van der Waals surface area contributed by atoms with Gasteiger partial charge in [0.05, 0.1) is 11.7 Å². The number of oxime groups is 1. The van der Waals surface area contributed by atoms with Gasteiger partial charge in [-0.05, 0) is 6.08 Å². The number of ether oxygens (including phenoxy) is 1. The molecule has 3 aliphatic heterocycles. The molecule has 3 aliphatic rings. The zero-order valence-corrected chi connectivity index (χ0v) is 22.4. The van der Waals surface area contributed by atoms with Gasteiger partial charge < -0.3 is 30.5 Å². The van der Waals surface area contributed by atoms with E-state index in [9.17, 15) is 24.3 Å². The molecule has 16 heteroatoms. The maximum absolute atomic E-state index is 12.8. The first kappa shape index (κ1) is 26.6. The van der Waals surface area contributed by atoms with E-state index in [0.717, 1.165) is 28.0 Å². The molecular formula is C18H16N5NaO7S3. The number of nitrogen functional groups attached to an aromatic ring is 1. The maximum atomic E-state index is 12.8. The van der Waals surface area contributed by atoms with E-state index in [0.29, 0.717) is 10.5 Å². The number of carbonyl (C=O) groups excluding carboxylic acids is 4. The van der Waals surface area contributed by atoms with E-state index in [1.165, 1.54) is 24.3 Å². The number of nitrogens with zero attached hydrogens (tertiary/aromatic N) is 3. The number of cyclic esters (lactones) is 1. The third-order valence-corrected chi connectivity index (χ3v) is 8.06. The standard InChI is InChI=1S/C18H17N5O7S3.Na/c1-29-22-10(8-5-33-18(19)20-8)13(24)21-11-14(25)23-12(16(26)27)9(6-32-15(11)23)31-4-7-2-3-30-17(7)28;/h2,5,11,15H,3-4,6H2,1H3,(H2,19,20)(H,21,24)(H,26,27);/q;+1/p-1/b22-10-;/t11-,15+;/m1./s1. The molecule has 174 valence electrons. The summed E-state index contributed by atoms with van der Waals surface area (Å²) in [4.78, 5) is 59.2. The molecule has 34 heavy (non-hydrogen) atoms. The zero-order chi connectivity index (χ0) is 23.7. The van der Waals surface area contributed by atoms with Gasteiger partial charge in [-0.3, -0.25) is 14.5 Å². The fraction of sp³-hybridized carbons (Fsp3) is 0.333. The fourth-order valence-corrected chi connectivity index (χ4v) is 6.43. The Morgan fingerprint density at radius 3 is 2.82 bits per heavy atom. The minimum atomic E-state index is -1.51. The first-order valence-corrected chi connectivity index (χ1v) is 12.2. The Morgan fingerprint density at radius 2 is 2.24 bits per heavy atom. The van der Waals surface area contributed by atoms with Crippen LogP contribution in [-0.4, -0.2) is 76.0 Å². The number of β-lactam (4-membered cyclic amide) rings is 1. The molecule has 1 fully saturated rings. The number of rotatable bonds is 8. The van der Waals surface area contributed by atoms with E-state index < -0.39 is 35.2 Å². The molecule has 2 amide bonds. The van der Waals surface area contributed by atoms with Crippen LogP contribution in [0, 0.1) is 0 Å². The summed E-state index contributed by atoms with van der Waals surface area (Å²) in [5.41, 5.74) is 5.80. The summed E-state index contributed by atoms with van der Waals surface area (Å²) in [6, 6.07) is -0.978. The number of anilines is 1. The number of hydrogen-bond acceptors (Lipinski definition) is 13. The molecule has 0 aromatic carbocycles. The Kier molecular flexibility index (Phi) is 8.70. The van der Waals surface area contributed by atoms with Crippen LogP contribution in [0.2, 0.25) is 0 Å². The van der Waals surface area contributed by atoms with Crippen molar-refractivity contribution in [1.82, 2.24) is 15.2 Å². The van der Waals surface area contributed by atoms with Crippen LogP contribution >= 0.6 is 34.9 Å². The molecule has 0 spiro atoms. The molecule has 0 bridgehead atoms. The number of carboxylic acids is 1. The van der Waals surface area contributed by atoms with Crippen LogP contribution in [0.4, 0.5) is 5.13 Å². The van der Waals surface area contributed by atoms with Crippen molar-refractivity contribution in [2.75, 3.05) is 31.0 Å². The maximum Gasteiger partial charge on any atom is 1.00 e. The number of nitrogens with one attached hydrogen (secondary N) is 1. The van der Waals surface area contributed by atoms with E-state index in [1.807, 2.05) is 0 Å². The molecule has 3 N–H and O–H groups in total. The van der Waals surface area contributed by atoms with Gasteiger partial charge in [-0.15, -0.1) is 34.9 Å². The van der Waals surface area contributed by atoms with Crippen molar-refractivity contribution in [3.05, 3.63) is 33.3 Å².